The van der Waals surface area contributed by atoms with Crippen LogP contribution >= 0.6 is 0 Å². The second-order valence-electron chi connectivity index (χ2n) is 5.19. The Morgan fingerprint density at radius 2 is 1.88 bits per heavy atom. The van der Waals surface area contributed by atoms with Crippen molar-refractivity contribution >= 4 is 5.78 Å². The van der Waals surface area contributed by atoms with Gasteiger partial charge in [0, 0.05) is 12.5 Å². The van der Waals surface area contributed by atoms with E-state index in [-0.39, 0.29) is 28.3 Å². The summed E-state index contributed by atoms with van der Waals surface area (Å²) in [7, 11) is 0. The van der Waals surface area contributed by atoms with Gasteiger partial charge >= 0.3 is 0 Å². The maximum atomic E-state index is 11.8. The van der Waals surface area contributed by atoms with E-state index in [1.54, 1.807) is 0 Å². The lowest BCUT2D eigenvalue weighted by Crippen LogP contribution is -2.09. The molecular weight excluding hydrogens is 204 g/mol. The van der Waals surface area contributed by atoms with Gasteiger partial charge in [-0.1, -0.05) is 20.8 Å². The van der Waals surface area contributed by atoms with Crippen LogP contribution in [0.25, 0.3) is 0 Å². The molecule has 1 aromatic rings. The molecule has 0 radical (unpaired) electrons. The summed E-state index contributed by atoms with van der Waals surface area (Å²) in [5.41, 5.74) is 0.379. The minimum Gasteiger partial charge on any atom is -0.508 e. The third-order valence-corrected chi connectivity index (χ3v) is 2.38. The van der Waals surface area contributed by atoms with Crippen LogP contribution in [0.1, 0.15) is 44.0 Å². The highest BCUT2D eigenvalue weighted by atomic mass is 16.3. The Morgan fingerprint density at radius 1 is 1.25 bits per heavy atom. The largest absolute Gasteiger partial charge is 0.508 e. The molecule has 0 heterocycles. The highest BCUT2D eigenvalue weighted by Crippen LogP contribution is 2.27. The maximum Gasteiger partial charge on any atom is 0.166 e. The minimum atomic E-state index is -0.154. The van der Waals surface area contributed by atoms with Gasteiger partial charge in [-0.05, 0) is 24.0 Å². The summed E-state index contributed by atoms with van der Waals surface area (Å²) >= 11 is 0. The lowest BCUT2D eigenvalue weighted by atomic mass is 9.88. The summed E-state index contributed by atoms with van der Waals surface area (Å²) in [5, 5.41) is 18.6. The summed E-state index contributed by atoms with van der Waals surface area (Å²) in [5.74, 6) is -0.281. The number of hydrogen-bond acceptors (Lipinski definition) is 3. The Balaban J connectivity index is 2.74. The van der Waals surface area contributed by atoms with E-state index < -0.39 is 0 Å². The van der Waals surface area contributed by atoms with E-state index in [1.807, 2.05) is 0 Å². The molecule has 0 fully saturated rings. The second kappa shape index (κ2) is 4.56. The van der Waals surface area contributed by atoms with Crippen LogP contribution in [0, 0.1) is 5.41 Å². The average Bonchev–Trinajstić information content (AvgIpc) is 2.13. The zero-order chi connectivity index (χ0) is 12.3. The molecule has 3 nitrogen and oxygen atoms in total. The molecule has 0 spiro atoms. The molecule has 0 aromatic heterocycles. The van der Waals surface area contributed by atoms with Gasteiger partial charge in [0.05, 0.1) is 5.56 Å². The summed E-state index contributed by atoms with van der Waals surface area (Å²) in [6.45, 7) is 6.20. The van der Waals surface area contributed by atoms with Crippen molar-refractivity contribution < 1.29 is 15.0 Å². The monoisotopic (exact) mass is 222 g/mol. The van der Waals surface area contributed by atoms with Crippen molar-refractivity contribution in [2.75, 3.05) is 0 Å². The van der Waals surface area contributed by atoms with Crippen molar-refractivity contribution in [3.8, 4) is 11.5 Å². The zero-order valence-electron chi connectivity index (χ0n) is 9.95. The van der Waals surface area contributed by atoms with Crippen LogP contribution in [0.2, 0.25) is 0 Å². The van der Waals surface area contributed by atoms with Crippen LogP contribution in [0.3, 0.4) is 0 Å². The molecule has 3 heteroatoms. The standard InChI is InChI=1S/C13H18O3/c1-13(2,3)7-6-11(15)10-5-4-9(14)8-12(10)16/h4-5,8,14,16H,6-7H2,1-3H3. The lowest BCUT2D eigenvalue weighted by molar-refractivity contribution is 0.0963. The van der Waals surface area contributed by atoms with Gasteiger partial charge in [0.1, 0.15) is 11.5 Å². The molecule has 0 amide bonds. The van der Waals surface area contributed by atoms with Gasteiger partial charge in [0.2, 0.25) is 0 Å². The van der Waals surface area contributed by atoms with Crippen molar-refractivity contribution in [1.29, 1.82) is 0 Å². The number of hydrogen-bond donors (Lipinski definition) is 2. The molecule has 0 saturated heterocycles. The molecule has 2 N–H and O–H groups in total. The fourth-order valence-corrected chi connectivity index (χ4v) is 1.38. The number of phenols is 2. The first-order valence-corrected chi connectivity index (χ1v) is 5.35. The van der Waals surface area contributed by atoms with E-state index in [2.05, 4.69) is 20.8 Å². The number of ketones is 1. The second-order valence-corrected chi connectivity index (χ2v) is 5.19. The Morgan fingerprint density at radius 3 is 2.38 bits per heavy atom. The highest BCUT2D eigenvalue weighted by Gasteiger charge is 2.16. The number of phenolic OH excluding ortho intramolecular Hbond substituents is 2. The van der Waals surface area contributed by atoms with Gasteiger partial charge in [0.25, 0.3) is 0 Å². The summed E-state index contributed by atoms with van der Waals surface area (Å²) in [6.07, 6.45) is 1.17. The Hall–Kier alpha value is -1.51. The fraction of sp³-hybridized carbons (Fsp3) is 0.462. The van der Waals surface area contributed by atoms with Crippen LogP contribution in [-0.2, 0) is 0 Å². The normalized spacial score (nSPS) is 11.4. The molecule has 0 unspecified atom stereocenters. The van der Waals surface area contributed by atoms with E-state index in [9.17, 15) is 9.90 Å². The van der Waals surface area contributed by atoms with Crippen molar-refractivity contribution in [2.45, 2.75) is 33.6 Å². The Kier molecular flexibility index (Phi) is 3.58. The van der Waals surface area contributed by atoms with Gasteiger partial charge < -0.3 is 10.2 Å². The zero-order valence-corrected chi connectivity index (χ0v) is 9.95. The Bertz CT molecular complexity index is 389. The SMILES string of the molecule is CC(C)(C)CCC(=O)c1ccc(O)cc1O. The molecule has 0 saturated carbocycles. The van der Waals surface area contributed by atoms with Gasteiger partial charge in [-0.25, -0.2) is 0 Å². The third kappa shape index (κ3) is 3.57. The number of Topliss-reactive ketones (excluding diaryl/α,β-unsaturated/α-hetero) is 1. The molecular formula is C13H18O3. The van der Waals surface area contributed by atoms with Gasteiger partial charge in [-0.3, -0.25) is 4.79 Å². The molecule has 0 aliphatic heterocycles. The predicted molar refractivity (Wildman–Crippen MR) is 62.8 cm³/mol. The van der Waals surface area contributed by atoms with Crippen LogP contribution in [0.15, 0.2) is 18.2 Å². The summed E-state index contributed by atoms with van der Waals surface area (Å²) < 4.78 is 0. The van der Waals surface area contributed by atoms with Crippen molar-refractivity contribution in [3.05, 3.63) is 23.8 Å². The summed E-state index contributed by atoms with van der Waals surface area (Å²) in [4.78, 5) is 11.8. The average molecular weight is 222 g/mol. The summed E-state index contributed by atoms with van der Waals surface area (Å²) in [6, 6.07) is 4.05. The van der Waals surface area contributed by atoms with Crippen LogP contribution in [0.4, 0.5) is 0 Å². The Labute approximate surface area is 95.7 Å². The molecule has 16 heavy (non-hydrogen) atoms. The molecule has 0 bridgehead atoms. The van der Waals surface area contributed by atoms with Crippen LogP contribution < -0.4 is 0 Å². The number of aromatic hydroxyl groups is 2. The maximum absolute atomic E-state index is 11.8. The molecule has 1 aromatic carbocycles. The number of benzene rings is 1. The lowest BCUT2D eigenvalue weighted by Gasteiger charge is -2.17. The molecule has 0 atom stereocenters. The van der Waals surface area contributed by atoms with Gasteiger partial charge in [0.15, 0.2) is 5.78 Å². The third-order valence-electron chi connectivity index (χ3n) is 2.38. The minimum absolute atomic E-state index is 0.0372. The van der Waals surface area contributed by atoms with E-state index >= 15 is 0 Å². The first kappa shape index (κ1) is 12.6. The topological polar surface area (TPSA) is 57.5 Å². The van der Waals surface area contributed by atoms with E-state index in [4.69, 9.17) is 5.11 Å². The predicted octanol–water partition coefficient (Wildman–Crippen LogP) is 3.11. The van der Waals surface area contributed by atoms with Gasteiger partial charge in [-0.15, -0.1) is 0 Å². The van der Waals surface area contributed by atoms with E-state index in [0.29, 0.717) is 6.42 Å². The molecule has 0 aliphatic rings. The van der Waals surface area contributed by atoms with E-state index in [0.717, 1.165) is 6.42 Å². The smallest absolute Gasteiger partial charge is 0.166 e. The van der Waals surface area contributed by atoms with Crippen molar-refractivity contribution in [3.63, 3.8) is 0 Å². The van der Waals surface area contributed by atoms with Crippen LogP contribution in [-0.4, -0.2) is 16.0 Å². The molecule has 0 aliphatic carbocycles. The van der Waals surface area contributed by atoms with Crippen molar-refractivity contribution in [2.24, 2.45) is 5.41 Å². The molecule has 88 valence electrons. The fourth-order valence-electron chi connectivity index (χ4n) is 1.38. The van der Waals surface area contributed by atoms with Gasteiger partial charge in [-0.2, -0.15) is 0 Å². The molecule has 1 rings (SSSR count). The highest BCUT2D eigenvalue weighted by molar-refractivity contribution is 5.98. The van der Waals surface area contributed by atoms with Crippen molar-refractivity contribution in [1.82, 2.24) is 0 Å². The first-order valence-electron chi connectivity index (χ1n) is 5.35. The first-order chi connectivity index (χ1) is 7.29. The number of carbonyl (C=O) groups excluding carboxylic acids is 1. The number of carbonyl (C=O) groups is 1. The van der Waals surface area contributed by atoms with E-state index in [1.165, 1.54) is 18.2 Å². The van der Waals surface area contributed by atoms with Crippen LogP contribution in [0.5, 0.6) is 11.5 Å². The quantitative estimate of drug-likeness (QED) is 0.772. The number of rotatable bonds is 3.